The number of ether oxygens (including phenoxy) is 1. The lowest BCUT2D eigenvalue weighted by molar-refractivity contribution is -0.117. The second kappa shape index (κ2) is 9.25. The van der Waals surface area contributed by atoms with Crippen LogP contribution in [0.3, 0.4) is 0 Å². The highest BCUT2D eigenvalue weighted by atomic mass is 16.5. The molecule has 0 bridgehead atoms. The lowest BCUT2D eigenvalue weighted by atomic mass is 10.0. The highest BCUT2D eigenvalue weighted by Crippen LogP contribution is 2.18. The number of benzene rings is 1. The largest absolute Gasteiger partial charge is 0.497 e. The zero-order valence-corrected chi connectivity index (χ0v) is 16.0. The molecule has 6 nitrogen and oxygen atoms in total. The van der Waals surface area contributed by atoms with Crippen LogP contribution < -0.4 is 10.1 Å². The lowest BCUT2D eigenvalue weighted by Crippen LogP contribution is -2.40. The molecule has 26 heavy (non-hydrogen) atoms. The molecule has 1 aromatic rings. The maximum Gasteiger partial charge on any atom is 0.263 e. The van der Waals surface area contributed by atoms with Crippen LogP contribution in [0.4, 0.5) is 0 Å². The van der Waals surface area contributed by atoms with Gasteiger partial charge in [-0.1, -0.05) is 12.1 Å². The summed E-state index contributed by atoms with van der Waals surface area (Å²) in [5.74, 6) is 0.417. The molecule has 0 saturated carbocycles. The molecule has 6 heteroatoms. The van der Waals surface area contributed by atoms with E-state index in [2.05, 4.69) is 17.3 Å². The molecule has 1 aromatic carbocycles. The molecule has 0 aliphatic carbocycles. The fourth-order valence-electron chi connectivity index (χ4n) is 3.10. The molecule has 1 aliphatic heterocycles. The zero-order chi connectivity index (χ0) is 19.1. The summed E-state index contributed by atoms with van der Waals surface area (Å²) in [5, 5.41) is 12.3. The molecule has 1 amide bonds. The van der Waals surface area contributed by atoms with Crippen molar-refractivity contribution in [2.45, 2.75) is 31.8 Å². The van der Waals surface area contributed by atoms with E-state index >= 15 is 0 Å². The highest BCUT2D eigenvalue weighted by molar-refractivity contribution is 5.97. The predicted molar refractivity (Wildman–Crippen MR) is 102 cm³/mol. The Bertz CT molecular complexity index is 670. The molecule has 2 rings (SSSR count). The number of carbonyl (C=O) groups excluding carboxylic acids is 1. The van der Waals surface area contributed by atoms with Crippen LogP contribution in [0.25, 0.3) is 0 Å². The maximum absolute atomic E-state index is 12.5. The summed E-state index contributed by atoms with van der Waals surface area (Å²) in [5.41, 5.74) is 1.09. The number of carbonyl (C=O) groups is 1. The Kier molecular flexibility index (Phi) is 7.05. The number of nitrogens with zero attached hydrogens (tertiary/aromatic N) is 3. The van der Waals surface area contributed by atoms with Gasteiger partial charge in [-0.15, -0.1) is 0 Å². The maximum atomic E-state index is 12.5. The average molecular weight is 356 g/mol. The normalized spacial score (nSPS) is 17.3. The summed E-state index contributed by atoms with van der Waals surface area (Å²) in [7, 11) is 5.67. The van der Waals surface area contributed by atoms with Crippen LogP contribution >= 0.6 is 0 Å². The van der Waals surface area contributed by atoms with Gasteiger partial charge in [-0.2, -0.15) is 5.26 Å². The van der Waals surface area contributed by atoms with Gasteiger partial charge in [0.15, 0.2) is 0 Å². The molecule has 1 N–H and O–H groups in total. The first-order valence-electron chi connectivity index (χ1n) is 8.91. The van der Waals surface area contributed by atoms with Crippen molar-refractivity contribution in [2.75, 3.05) is 34.3 Å². The number of hydrogen-bond donors (Lipinski definition) is 1. The van der Waals surface area contributed by atoms with Crippen molar-refractivity contribution in [1.82, 2.24) is 15.1 Å². The van der Waals surface area contributed by atoms with Crippen LogP contribution in [-0.2, 0) is 4.79 Å². The molecule has 1 saturated heterocycles. The quantitative estimate of drug-likeness (QED) is 0.626. The van der Waals surface area contributed by atoms with Crippen molar-refractivity contribution in [1.29, 1.82) is 5.26 Å². The summed E-state index contributed by atoms with van der Waals surface area (Å²) in [6.45, 7) is 3.96. The second-order valence-electron chi connectivity index (χ2n) is 6.82. The van der Waals surface area contributed by atoms with E-state index in [0.717, 1.165) is 37.2 Å². The first kappa shape index (κ1) is 19.8. The number of nitriles is 1. The number of piperidine rings is 1. The second-order valence-corrected chi connectivity index (χ2v) is 6.82. The van der Waals surface area contributed by atoms with Crippen molar-refractivity contribution in [3.05, 3.63) is 41.6 Å². The van der Waals surface area contributed by atoms with Gasteiger partial charge < -0.3 is 19.9 Å². The summed E-state index contributed by atoms with van der Waals surface area (Å²) < 4.78 is 5.15. The Morgan fingerprint density at radius 3 is 2.54 bits per heavy atom. The van der Waals surface area contributed by atoms with Crippen molar-refractivity contribution in [3.63, 3.8) is 0 Å². The Morgan fingerprint density at radius 2 is 2.00 bits per heavy atom. The molecule has 0 spiro atoms. The van der Waals surface area contributed by atoms with E-state index in [-0.39, 0.29) is 17.5 Å². The van der Waals surface area contributed by atoms with Gasteiger partial charge in [0, 0.05) is 19.3 Å². The molecule has 1 atom stereocenters. The summed E-state index contributed by atoms with van der Waals surface area (Å²) in [4.78, 5) is 16.8. The third-order valence-electron chi connectivity index (χ3n) is 4.93. The number of nitrogens with one attached hydrogen (secondary N) is 1. The zero-order valence-electron chi connectivity index (χ0n) is 16.0. The van der Waals surface area contributed by atoms with E-state index in [1.165, 1.54) is 0 Å². The van der Waals surface area contributed by atoms with Crippen molar-refractivity contribution >= 4 is 5.91 Å². The predicted octanol–water partition coefficient (Wildman–Crippen LogP) is 2.31. The minimum Gasteiger partial charge on any atom is -0.497 e. The topological polar surface area (TPSA) is 68.6 Å². The van der Waals surface area contributed by atoms with E-state index in [4.69, 9.17) is 4.74 Å². The lowest BCUT2D eigenvalue weighted by Gasteiger charge is -2.34. The van der Waals surface area contributed by atoms with Gasteiger partial charge in [-0.25, -0.2) is 0 Å². The van der Waals surface area contributed by atoms with Gasteiger partial charge in [-0.3, -0.25) is 4.79 Å². The molecule has 0 radical (unpaired) electrons. The van der Waals surface area contributed by atoms with Gasteiger partial charge >= 0.3 is 0 Å². The van der Waals surface area contributed by atoms with E-state index in [9.17, 15) is 10.1 Å². The van der Waals surface area contributed by atoms with Crippen LogP contribution in [0.5, 0.6) is 5.75 Å². The molecule has 140 valence electrons. The molecule has 1 heterocycles. The van der Waals surface area contributed by atoms with Gasteiger partial charge in [0.1, 0.15) is 17.4 Å². The third-order valence-corrected chi connectivity index (χ3v) is 4.93. The van der Waals surface area contributed by atoms with E-state index in [0.29, 0.717) is 6.04 Å². The summed E-state index contributed by atoms with van der Waals surface area (Å²) >= 11 is 0. The number of likely N-dealkylation sites (tertiary alicyclic amines) is 1. The summed E-state index contributed by atoms with van der Waals surface area (Å²) in [6.07, 6.45) is 3.74. The first-order valence-corrected chi connectivity index (χ1v) is 8.91. The fourth-order valence-corrected chi connectivity index (χ4v) is 3.10. The Balaban J connectivity index is 1.99. The first-order chi connectivity index (χ1) is 12.4. The van der Waals surface area contributed by atoms with E-state index in [1.54, 1.807) is 13.3 Å². The van der Waals surface area contributed by atoms with Gasteiger partial charge in [-0.05, 0) is 57.6 Å². The highest BCUT2D eigenvalue weighted by Gasteiger charge is 2.21. The summed E-state index contributed by atoms with van der Waals surface area (Å²) in [6, 6.07) is 9.72. The van der Waals surface area contributed by atoms with Crippen LogP contribution in [0.1, 0.15) is 31.4 Å². The van der Waals surface area contributed by atoms with Crippen molar-refractivity contribution in [3.8, 4) is 11.8 Å². The molecule has 1 aliphatic rings. The SMILES string of the molecule is COc1ccc(C(C)NC(=O)/C(C#N)=C\N(C)C2CCN(C)CC2)cc1. The number of rotatable bonds is 6. The number of methoxy groups -OCH3 is 1. The third kappa shape index (κ3) is 5.24. The van der Waals surface area contributed by atoms with E-state index in [1.807, 2.05) is 49.2 Å². The van der Waals surface area contributed by atoms with Crippen LogP contribution in [0.2, 0.25) is 0 Å². The molecular formula is C20H28N4O2. The van der Waals surface area contributed by atoms with Crippen molar-refractivity contribution in [2.24, 2.45) is 0 Å². The molecule has 0 aromatic heterocycles. The monoisotopic (exact) mass is 356 g/mol. The number of hydrogen-bond acceptors (Lipinski definition) is 5. The van der Waals surface area contributed by atoms with Crippen molar-refractivity contribution < 1.29 is 9.53 Å². The minimum atomic E-state index is -0.351. The van der Waals surface area contributed by atoms with Crippen LogP contribution in [-0.4, -0.2) is 56.0 Å². The van der Waals surface area contributed by atoms with Gasteiger partial charge in [0.25, 0.3) is 5.91 Å². The van der Waals surface area contributed by atoms with E-state index < -0.39 is 0 Å². The van der Waals surface area contributed by atoms with Crippen LogP contribution in [0.15, 0.2) is 36.0 Å². The Labute approximate surface area is 156 Å². The van der Waals surface area contributed by atoms with Gasteiger partial charge in [0.2, 0.25) is 0 Å². The molecule has 1 fully saturated rings. The number of amides is 1. The molecular weight excluding hydrogens is 328 g/mol. The Hall–Kier alpha value is -2.52. The molecule has 1 unspecified atom stereocenters. The fraction of sp³-hybridized carbons (Fsp3) is 0.500. The van der Waals surface area contributed by atoms with Crippen LogP contribution in [0, 0.1) is 11.3 Å². The average Bonchev–Trinajstić information content (AvgIpc) is 2.66. The minimum absolute atomic E-state index is 0.131. The smallest absolute Gasteiger partial charge is 0.263 e. The standard InChI is InChI=1S/C20H28N4O2/c1-15(16-5-7-19(26-4)8-6-16)22-20(25)17(13-21)14-24(3)18-9-11-23(2)12-10-18/h5-8,14-15,18H,9-12H2,1-4H3,(H,22,25)/b17-14-. The van der Waals surface area contributed by atoms with Gasteiger partial charge in [0.05, 0.1) is 13.2 Å². The Morgan fingerprint density at radius 1 is 1.38 bits per heavy atom.